The van der Waals surface area contributed by atoms with Crippen molar-refractivity contribution in [3.8, 4) is 0 Å². The maximum Gasteiger partial charge on any atom is 0.303 e. The van der Waals surface area contributed by atoms with Gasteiger partial charge in [-0.2, -0.15) is 0 Å². The summed E-state index contributed by atoms with van der Waals surface area (Å²) in [5, 5.41) is 20.1. The molecule has 0 saturated heterocycles. The molecule has 0 bridgehead atoms. The van der Waals surface area contributed by atoms with Crippen LogP contribution in [0.1, 0.15) is 92.4 Å². The van der Waals surface area contributed by atoms with E-state index in [4.69, 9.17) is 5.11 Å². The van der Waals surface area contributed by atoms with Crippen molar-refractivity contribution in [3.05, 3.63) is 0 Å². The molecule has 0 spiro atoms. The van der Waals surface area contributed by atoms with Crippen molar-refractivity contribution >= 4 is 5.97 Å². The van der Waals surface area contributed by atoms with Gasteiger partial charge in [0, 0.05) is 6.42 Å². The highest BCUT2D eigenvalue weighted by molar-refractivity contribution is 5.66. The molecular weight excluding hydrogens is 336 g/mol. The Morgan fingerprint density at radius 2 is 1.89 bits per heavy atom. The molecule has 156 valence electrons. The second-order valence-corrected chi connectivity index (χ2v) is 10.8. The van der Waals surface area contributed by atoms with E-state index in [1.807, 2.05) is 0 Å². The molecule has 0 aromatic heterocycles. The third-order valence-electron chi connectivity index (χ3n) is 9.92. The fourth-order valence-corrected chi connectivity index (χ4v) is 8.02. The van der Waals surface area contributed by atoms with E-state index in [-0.39, 0.29) is 6.10 Å². The van der Waals surface area contributed by atoms with Crippen molar-refractivity contribution < 1.29 is 15.0 Å². The number of rotatable bonds is 6. The second-order valence-electron chi connectivity index (χ2n) is 10.8. The molecule has 3 heteroatoms. The molecule has 3 aliphatic rings. The van der Waals surface area contributed by atoms with Crippen LogP contribution in [0, 0.1) is 46.3 Å². The Labute approximate surface area is 166 Å². The number of carboxylic acids is 1. The molecular formula is C24H42O3. The van der Waals surface area contributed by atoms with Crippen LogP contribution in [0.15, 0.2) is 0 Å². The lowest BCUT2D eigenvalue weighted by Gasteiger charge is -2.60. The first-order chi connectivity index (χ1) is 12.6. The van der Waals surface area contributed by atoms with E-state index in [2.05, 4.69) is 34.6 Å². The minimum absolute atomic E-state index is 0.129. The third-order valence-corrected chi connectivity index (χ3v) is 9.92. The molecule has 0 amide bonds. The van der Waals surface area contributed by atoms with E-state index in [1.165, 1.54) is 32.1 Å². The molecule has 3 nitrogen and oxygen atoms in total. The standard InChI is InChI=1S/C24H42O3/c1-6-23(4)16(3)14-20(25)22-18-11-10-17(15(2)8-7-9-21(26)27)24(18,5)13-12-19(22)23/h15-20,22,25H,6-14H2,1-5H3,(H,26,27)/t15-,16+,17-,18+,19+,20+,22+,23+,24-/m1/s1. The molecule has 3 fully saturated rings. The van der Waals surface area contributed by atoms with Gasteiger partial charge in [0.25, 0.3) is 0 Å². The van der Waals surface area contributed by atoms with Gasteiger partial charge in [-0.15, -0.1) is 0 Å². The summed E-state index contributed by atoms with van der Waals surface area (Å²) in [5.41, 5.74) is 0.705. The number of aliphatic hydroxyl groups is 1. The van der Waals surface area contributed by atoms with Crippen molar-refractivity contribution in [3.63, 3.8) is 0 Å². The summed E-state index contributed by atoms with van der Waals surface area (Å²) in [6, 6.07) is 0. The molecule has 3 rings (SSSR count). The van der Waals surface area contributed by atoms with Crippen molar-refractivity contribution in [2.24, 2.45) is 46.3 Å². The van der Waals surface area contributed by atoms with Gasteiger partial charge < -0.3 is 10.2 Å². The summed E-state index contributed by atoms with van der Waals surface area (Å²) in [4.78, 5) is 10.9. The first-order valence-corrected chi connectivity index (χ1v) is 11.5. The number of hydrogen-bond acceptors (Lipinski definition) is 2. The van der Waals surface area contributed by atoms with Gasteiger partial charge in [0.2, 0.25) is 0 Å². The molecule has 27 heavy (non-hydrogen) atoms. The lowest BCUT2D eigenvalue weighted by molar-refractivity contribution is -0.152. The fraction of sp³-hybridized carbons (Fsp3) is 0.958. The predicted octanol–water partition coefficient (Wildman–Crippen LogP) is 5.75. The van der Waals surface area contributed by atoms with Crippen LogP contribution in [0.25, 0.3) is 0 Å². The average molecular weight is 379 g/mol. The molecule has 9 atom stereocenters. The maximum atomic E-state index is 11.1. The van der Waals surface area contributed by atoms with E-state index >= 15 is 0 Å². The largest absolute Gasteiger partial charge is 0.481 e. The Balaban J connectivity index is 1.77. The van der Waals surface area contributed by atoms with E-state index in [0.717, 1.165) is 19.3 Å². The summed E-state index contributed by atoms with van der Waals surface area (Å²) in [5.74, 6) is 3.01. The van der Waals surface area contributed by atoms with Gasteiger partial charge in [-0.05, 0) is 91.3 Å². The Hall–Kier alpha value is -0.570. The van der Waals surface area contributed by atoms with Crippen LogP contribution in [0.5, 0.6) is 0 Å². The quantitative estimate of drug-likeness (QED) is 0.618. The SMILES string of the molecule is CC[C@@]1(C)[C@@H](C)C[C@H](O)[C@@H]2[C@@H]1CC[C@]1(C)[C@@H]([C@H](C)CCCC(=O)O)CC[C@@H]21. The van der Waals surface area contributed by atoms with Crippen LogP contribution in [0.3, 0.4) is 0 Å². The highest BCUT2D eigenvalue weighted by Gasteiger charge is 2.61. The summed E-state index contributed by atoms with van der Waals surface area (Å²) in [6.45, 7) is 12.1. The van der Waals surface area contributed by atoms with Crippen LogP contribution in [-0.4, -0.2) is 22.3 Å². The number of carboxylic acid groups (broad SMARTS) is 1. The Bertz CT molecular complexity index is 546. The highest BCUT2D eigenvalue weighted by atomic mass is 16.4. The molecule has 2 N–H and O–H groups in total. The number of aliphatic hydroxyl groups excluding tert-OH is 1. The summed E-state index contributed by atoms with van der Waals surface area (Å²) >= 11 is 0. The average Bonchev–Trinajstić information content (AvgIpc) is 2.95. The molecule has 0 unspecified atom stereocenters. The molecule has 0 heterocycles. The first kappa shape index (κ1) is 21.1. The molecule has 3 aliphatic carbocycles. The van der Waals surface area contributed by atoms with Gasteiger partial charge in [-0.3, -0.25) is 4.79 Å². The molecule has 0 aliphatic heterocycles. The smallest absolute Gasteiger partial charge is 0.303 e. The van der Waals surface area contributed by atoms with Crippen molar-refractivity contribution in [1.82, 2.24) is 0 Å². The van der Waals surface area contributed by atoms with Crippen LogP contribution in [-0.2, 0) is 4.79 Å². The first-order valence-electron chi connectivity index (χ1n) is 11.5. The Kier molecular flexibility index (Phi) is 6.02. The van der Waals surface area contributed by atoms with Gasteiger partial charge in [0.15, 0.2) is 0 Å². The van der Waals surface area contributed by atoms with Gasteiger partial charge in [-0.25, -0.2) is 0 Å². The molecule has 3 saturated carbocycles. The van der Waals surface area contributed by atoms with Gasteiger partial charge >= 0.3 is 5.97 Å². The highest BCUT2D eigenvalue weighted by Crippen LogP contribution is 2.67. The van der Waals surface area contributed by atoms with E-state index < -0.39 is 5.97 Å². The zero-order valence-electron chi connectivity index (χ0n) is 18.2. The number of hydrogen-bond donors (Lipinski definition) is 2. The van der Waals surface area contributed by atoms with Gasteiger partial charge in [0.1, 0.15) is 0 Å². The predicted molar refractivity (Wildman–Crippen MR) is 109 cm³/mol. The minimum Gasteiger partial charge on any atom is -0.481 e. The normalized spacial score (nSPS) is 47.9. The van der Waals surface area contributed by atoms with Crippen molar-refractivity contribution in [2.45, 2.75) is 98.5 Å². The molecule has 0 aromatic rings. The van der Waals surface area contributed by atoms with Gasteiger partial charge in [-0.1, -0.05) is 41.0 Å². The van der Waals surface area contributed by atoms with E-state index in [1.54, 1.807) is 0 Å². The Morgan fingerprint density at radius 1 is 1.19 bits per heavy atom. The minimum atomic E-state index is -0.670. The van der Waals surface area contributed by atoms with Crippen LogP contribution in [0.4, 0.5) is 0 Å². The van der Waals surface area contributed by atoms with E-state index in [0.29, 0.717) is 52.8 Å². The fourth-order valence-electron chi connectivity index (χ4n) is 8.02. The number of aliphatic carboxylic acids is 1. The van der Waals surface area contributed by atoms with Crippen molar-refractivity contribution in [2.75, 3.05) is 0 Å². The number of fused-ring (bicyclic) bond motifs is 3. The van der Waals surface area contributed by atoms with Crippen LogP contribution in [0.2, 0.25) is 0 Å². The lowest BCUT2D eigenvalue weighted by Crippen LogP contribution is -2.56. The zero-order chi connectivity index (χ0) is 20.0. The summed E-state index contributed by atoms with van der Waals surface area (Å²) in [7, 11) is 0. The Morgan fingerprint density at radius 3 is 2.52 bits per heavy atom. The molecule has 0 aromatic carbocycles. The number of carbonyl (C=O) groups is 1. The lowest BCUT2D eigenvalue weighted by atomic mass is 9.45. The summed E-state index contributed by atoms with van der Waals surface area (Å²) in [6.07, 6.45) is 9.28. The van der Waals surface area contributed by atoms with Crippen LogP contribution >= 0.6 is 0 Å². The molecule has 0 radical (unpaired) electrons. The van der Waals surface area contributed by atoms with Crippen LogP contribution < -0.4 is 0 Å². The third kappa shape index (κ3) is 3.47. The zero-order valence-corrected chi connectivity index (χ0v) is 18.2. The second kappa shape index (κ2) is 7.69. The van der Waals surface area contributed by atoms with Gasteiger partial charge in [0.05, 0.1) is 6.10 Å². The summed E-state index contributed by atoms with van der Waals surface area (Å²) < 4.78 is 0. The topological polar surface area (TPSA) is 57.5 Å². The van der Waals surface area contributed by atoms with E-state index in [9.17, 15) is 9.90 Å². The monoisotopic (exact) mass is 378 g/mol. The van der Waals surface area contributed by atoms with Crippen molar-refractivity contribution in [1.29, 1.82) is 0 Å². The maximum absolute atomic E-state index is 11.1.